The van der Waals surface area contributed by atoms with Crippen LogP contribution >= 0.6 is 0 Å². The molecular formula is C17H20O3. The summed E-state index contributed by atoms with van der Waals surface area (Å²) < 4.78 is 11.4. The molecule has 20 heavy (non-hydrogen) atoms. The van der Waals surface area contributed by atoms with Gasteiger partial charge in [-0.05, 0) is 50.8 Å². The largest absolute Gasteiger partial charge is 0.474 e. The summed E-state index contributed by atoms with van der Waals surface area (Å²) >= 11 is 0. The van der Waals surface area contributed by atoms with Crippen molar-refractivity contribution < 1.29 is 14.3 Å². The molecule has 0 N–H and O–H groups in total. The number of benzene rings is 1. The van der Waals surface area contributed by atoms with Gasteiger partial charge in [0.25, 0.3) is 0 Å². The molecule has 0 saturated heterocycles. The Kier molecular flexibility index (Phi) is 3.52. The third kappa shape index (κ3) is 2.27. The first-order chi connectivity index (χ1) is 9.29. The molecule has 2 rings (SSSR count). The van der Waals surface area contributed by atoms with Crippen LogP contribution in [0, 0.1) is 33.1 Å². The zero-order valence-electron chi connectivity index (χ0n) is 12.7. The molecule has 0 aliphatic carbocycles. The van der Waals surface area contributed by atoms with Crippen molar-refractivity contribution in [3.63, 3.8) is 0 Å². The lowest BCUT2D eigenvalue weighted by molar-refractivity contribution is -0.132. The molecule has 3 nitrogen and oxygen atoms in total. The molecule has 1 aromatic rings. The van der Waals surface area contributed by atoms with Crippen molar-refractivity contribution in [2.24, 2.45) is 0 Å². The molecule has 106 valence electrons. The van der Waals surface area contributed by atoms with Gasteiger partial charge in [0.2, 0.25) is 0 Å². The van der Waals surface area contributed by atoms with Gasteiger partial charge in [-0.25, -0.2) is 0 Å². The second-order valence-electron chi connectivity index (χ2n) is 5.58. The maximum atomic E-state index is 11.3. The van der Waals surface area contributed by atoms with E-state index in [1.165, 1.54) is 6.92 Å². The normalized spacial score (nSPS) is 20.6. The maximum Gasteiger partial charge on any atom is 0.308 e. The van der Waals surface area contributed by atoms with Crippen molar-refractivity contribution in [3.05, 3.63) is 22.3 Å². The Morgan fingerprint density at radius 1 is 1.30 bits per heavy atom. The molecule has 3 heteroatoms. The third-order valence-corrected chi connectivity index (χ3v) is 4.04. The fraction of sp³-hybridized carbons (Fsp3) is 0.471. The molecule has 0 saturated carbocycles. The summed E-state index contributed by atoms with van der Waals surface area (Å²) in [6, 6.07) is 0. The lowest BCUT2D eigenvalue weighted by Gasteiger charge is -2.34. The van der Waals surface area contributed by atoms with Crippen LogP contribution in [0.1, 0.15) is 42.5 Å². The van der Waals surface area contributed by atoms with E-state index in [0.717, 1.165) is 40.8 Å². The van der Waals surface area contributed by atoms with Crippen LogP contribution in [0.5, 0.6) is 11.5 Å². The fourth-order valence-corrected chi connectivity index (χ4v) is 2.63. The first-order valence-corrected chi connectivity index (χ1v) is 6.77. The van der Waals surface area contributed by atoms with Gasteiger partial charge in [0, 0.05) is 18.9 Å². The van der Waals surface area contributed by atoms with Gasteiger partial charge < -0.3 is 9.47 Å². The van der Waals surface area contributed by atoms with Gasteiger partial charge in [-0.3, -0.25) is 4.79 Å². The molecule has 1 atom stereocenters. The molecule has 0 bridgehead atoms. The number of esters is 1. The second kappa shape index (κ2) is 4.86. The summed E-state index contributed by atoms with van der Waals surface area (Å²) in [5.74, 6) is 3.93. The van der Waals surface area contributed by atoms with Crippen LogP contribution in [0.4, 0.5) is 0 Å². The van der Waals surface area contributed by atoms with Crippen molar-refractivity contribution >= 4 is 5.97 Å². The fourth-order valence-electron chi connectivity index (χ4n) is 2.63. The van der Waals surface area contributed by atoms with E-state index < -0.39 is 5.60 Å². The lowest BCUT2D eigenvalue weighted by Crippen LogP contribution is -2.35. The van der Waals surface area contributed by atoms with Gasteiger partial charge in [0.1, 0.15) is 11.5 Å². The van der Waals surface area contributed by atoms with Gasteiger partial charge in [0.05, 0.1) is 0 Å². The summed E-state index contributed by atoms with van der Waals surface area (Å²) in [6.45, 7) is 9.22. The average molecular weight is 272 g/mol. The molecule has 0 aromatic heterocycles. The lowest BCUT2D eigenvalue weighted by atomic mass is 9.87. The number of carbonyl (C=O) groups is 1. The Labute approximate surface area is 120 Å². The highest BCUT2D eigenvalue weighted by atomic mass is 16.5. The number of rotatable bonds is 1. The molecule has 0 amide bonds. The SMILES string of the molecule is C#C[C@@]1(C)CCc2c(C)c(OC(C)=O)c(C)c(C)c2O1. The molecular weight excluding hydrogens is 252 g/mol. The van der Waals surface area contributed by atoms with E-state index in [0.29, 0.717) is 5.75 Å². The number of fused-ring (bicyclic) bond motifs is 1. The van der Waals surface area contributed by atoms with Crippen LogP contribution < -0.4 is 9.47 Å². The second-order valence-corrected chi connectivity index (χ2v) is 5.58. The number of ether oxygens (including phenoxy) is 2. The minimum Gasteiger partial charge on any atom is -0.474 e. The minimum atomic E-state index is -0.556. The topological polar surface area (TPSA) is 35.5 Å². The smallest absolute Gasteiger partial charge is 0.308 e. The standard InChI is InChI=1S/C17H20O3/c1-7-17(6)9-8-14-12(4)15(19-13(5)18)10(2)11(3)16(14)20-17/h1H,8-9H2,2-6H3/t17-/m0/s1. The Balaban J connectivity index is 2.60. The van der Waals surface area contributed by atoms with Gasteiger partial charge in [-0.1, -0.05) is 5.92 Å². The number of hydrogen-bond acceptors (Lipinski definition) is 3. The number of terminal acetylenes is 1. The highest BCUT2D eigenvalue weighted by Gasteiger charge is 2.33. The Bertz CT molecular complexity index is 622. The summed E-state index contributed by atoms with van der Waals surface area (Å²) in [5, 5.41) is 0. The van der Waals surface area contributed by atoms with Gasteiger partial charge >= 0.3 is 5.97 Å². The molecule has 1 aliphatic heterocycles. The maximum absolute atomic E-state index is 11.3. The molecule has 1 aromatic carbocycles. The monoisotopic (exact) mass is 272 g/mol. The number of carbonyl (C=O) groups excluding carboxylic acids is 1. The van der Waals surface area contributed by atoms with E-state index in [1.807, 2.05) is 27.7 Å². The quantitative estimate of drug-likeness (QED) is 0.447. The zero-order valence-corrected chi connectivity index (χ0v) is 12.7. The van der Waals surface area contributed by atoms with Crippen molar-refractivity contribution in [1.82, 2.24) is 0 Å². The van der Waals surface area contributed by atoms with Crippen LogP contribution in [0.25, 0.3) is 0 Å². The number of hydrogen-bond donors (Lipinski definition) is 0. The molecule has 0 fully saturated rings. The van der Waals surface area contributed by atoms with E-state index in [1.54, 1.807) is 0 Å². The van der Waals surface area contributed by atoms with E-state index in [4.69, 9.17) is 15.9 Å². The van der Waals surface area contributed by atoms with E-state index in [2.05, 4.69) is 5.92 Å². The first kappa shape index (κ1) is 14.5. The Hall–Kier alpha value is -1.95. The van der Waals surface area contributed by atoms with Crippen molar-refractivity contribution in [2.75, 3.05) is 0 Å². The van der Waals surface area contributed by atoms with Crippen molar-refractivity contribution in [3.8, 4) is 23.8 Å². The summed E-state index contributed by atoms with van der Waals surface area (Å²) in [4.78, 5) is 11.3. The highest BCUT2D eigenvalue weighted by Crippen LogP contribution is 2.43. The van der Waals surface area contributed by atoms with Crippen LogP contribution in [-0.2, 0) is 11.2 Å². The molecule has 1 heterocycles. The molecule has 0 radical (unpaired) electrons. The summed E-state index contributed by atoms with van der Waals surface area (Å²) in [6.07, 6.45) is 7.17. The highest BCUT2D eigenvalue weighted by molar-refractivity contribution is 5.72. The van der Waals surface area contributed by atoms with E-state index in [9.17, 15) is 4.79 Å². The van der Waals surface area contributed by atoms with Crippen molar-refractivity contribution in [2.45, 2.75) is 53.1 Å². The molecule has 0 spiro atoms. The van der Waals surface area contributed by atoms with Crippen LogP contribution in [0.15, 0.2) is 0 Å². The Morgan fingerprint density at radius 2 is 1.95 bits per heavy atom. The van der Waals surface area contributed by atoms with Gasteiger partial charge in [-0.2, -0.15) is 0 Å². The van der Waals surface area contributed by atoms with E-state index >= 15 is 0 Å². The van der Waals surface area contributed by atoms with Gasteiger partial charge in [0.15, 0.2) is 5.60 Å². The zero-order chi connectivity index (χ0) is 15.1. The van der Waals surface area contributed by atoms with Crippen molar-refractivity contribution in [1.29, 1.82) is 0 Å². The Morgan fingerprint density at radius 3 is 2.50 bits per heavy atom. The summed E-state index contributed by atoms with van der Waals surface area (Å²) in [7, 11) is 0. The van der Waals surface area contributed by atoms with Crippen LogP contribution in [0.2, 0.25) is 0 Å². The molecule has 0 unspecified atom stereocenters. The predicted octanol–water partition coefficient (Wildman–Crippen LogP) is 3.25. The van der Waals surface area contributed by atoms with E-state index in [-0.39, 0.29) is 5.97 Å². The average Bonchev–Trinajstić information content (AvgIpc) is 2.41. The van der Waals surface area contributed by atoms with Crippen LogP contribution in [0.3, 0.4) is 0 Å². The summed E-state index contributed by atoms with van der Waals surface area (Å²) in [5.41, 5.74) is 3.43. The third-order valence-electron chi connectivity index (χ3n) is 4.04. The molecule has 1 aliphatic rings. The predicted molar refractivity (Wildman–Crippen MR) is 78.1 cm³/mol. The first-order valence-electron chi connectivity index (χ1n) is 6.77. The minimum absolute atomic E-state index is 0.305. The van der Waals surface area contributed by atoms with Crippen LogP contribution in [-0.4, -0.2) is 11.6 Å². The van der Waals surface area contributed by atoms with Gasteiger partial charge in [-0.15, -0.1) is 6.42 Å².